The number of hydrogen-bond acceptors (Lipinski definition) is 3. The molecule has 0 radical (unpaired) electrons. The van der Waals surface area contributed by atoms with Gasteiger partial charge in [-0.1, -0.05) is 25.4 Å². The third-order valence-corrected chi connectivity index (χ3v) is 3.60. The SMILES string of the molecule is CC(C)C(C)(CN)Nc1cc(Cl)ccc1C(N)=O. The van der Waals surface area contributed by atoms with Crippen molar-refractivity contribution in [2.75, 3.05) is 11.9 Å². The second-order valence-electron chi connectivity index (χ2n) is 4.96. The Morgan fingerprint density at radius 3 is 2.56 bits per heavy atom. The van der Waals surface area contributed by atoms with E-state index < -0.39 is 5.91 Å². The normalized spacial score (nSPS) is 14.3. The molecule has 100 valence electrons. The molecule has 0 saturated heterocycles. The Labute approximate surface area is 113 Å². The van der Waals surface area contributed by atoms with E-state index in [4.69, 9.17) is 23.1 Å². The summed E-state index contributed by atoms with van der Waals surface area (Å²) in [5.41, 5.74) is 11.9. The van der Waals surface area contributed by atoms with Gasteiger partial charge in [0, 0.05) is 22.8 Å². The molecule has 18 heavy (non-hydrogen) atoms. The molecular formula is C13H20ClN3O. The van der Waals surface area contributed by atoms with Crippen LogP contribution in [0.1, 0.15) is 31.1 Å². The molecule has 1 unspecified atom stereocenters. The number of carbonyl (C=O) groups excluding carboxylic acids is 1. The van der Waals surface area contributed by atoms with Crippen LogP contribution in [0.15, 0.2) is 18.2 Å². The van der Waals surface area contributed by atoms with E-state index in [2.05, 4.69) is 19.2 Å². The Morgan fingerprint density at radius 2 is 2.11 bits per heavy atom. The Hall–Kier alpha value is -1.26. The lowest BCUT2D eigenvalue weighted by atomic mass is 9.88. The Morgan fingerprint density at radius 1 is 1.50 bits per heavy atom. The largest absolute Gasteiger partial charge is 0.378 e. The molecule has 0 fully saturated rings. The van der Waals surface area contributed by atoms with Crippen LogP contribution < -0.4 is 16.8 Å². The third kappa shape index (κ3) is 3.15. The Balaban J connectivity index is 3.16. The van der Waals surface area contributed by atoms with Crippen LogP contribution >= 0.6 is 11.6 Å². The maximum Gasteiger partial charge on any atom is 0.250 e. The zero-order valence-electron chi connectivity index (χ0n) is 11.0. The van der Waals surface area contributed by atoms with Gasteiger partial charge in [0.15, 0.2) is 0 Å². The first-order valence-corrected chi connectivity index (χ1v) is 6.25. The minimum absolute atomic E-state index is 0.294. The maximum atomic E-state index is 11.4. The van der Waals surface area contributed by atoms with Gasteiger partial charge in [-0.2, -0.15) is 0 Å². The van der Waals surface area contributed by atoms with E-state index >= 15 is 0 Å². The molecule has 1 aromatic carbocycles. The minimum atomic E-state index is -0.489. The van der Waals surface area contributed by atoms with Gasteiger partial charge < -0.3 is 16.8 Å². The molecule has 0 aliphatic heterocycles. The summed E-state index contributed by atoms with van der Waals surface area (Å²) in [6.07, 6.45) is 0. The second kappa shape index (κ2) is 5.59. The quantitative estimate of drug-likeness (QED) is 0.767. The summed E-state index contributed by atoms with van der Waals surface area (Å²) < 4.78 is 0. The van der Waals surface area contributed by atoms with Gasteiger partial charge in [0.1, 0.15) is 0 Å². The highest BCUT2D eigenvalue weighted by Gasteiger charge is 2.27. The lowest BCUT2D eigenvalue weighted by Crippen LogP contribution is -2.47. The fourth-order valence-corrected chi connectivity index (χ4v) is 1.75. The monoisotopic (exact) mass is 269 g/mol. The lowest BCUT2D eigenvalue weighted by molar-refractivity contribution is 0.100. The summed E-state index contributed by atoms with van der Waals surface area (Å²) in [4.78, 5) is 11.4. The van der Waals surface area contributed by atoms with Crippen LogP contribution in [0, 0.1) is 5.92 Å². The van der Waals surface area contributed by atoms with E-state index in [9.17, 15) is 4.79 Å². The second-order valence-corrected chi connectivity index (χ2v) is 5.39. The molecule has 5 N–H and O–H groups in total. The standard InChI is InChI=1S/C13H20ClN3O/c1-8(2)13(3,7-15)17-11-6-9(14)4-5-10(11)12(16)18/h4-6,8,17H,7,15H2,1-3H3,(H2,16,18). The predicted molar refractivity (Wildman–Crippen MR) is 75.9 cm³/mol. The van der Waals surface area contributed by atoms with Crippen LogP contribution in [-0.4, -0.2) is 18.0 Å². The molecule has 4 nitrogen and oxygen atoms in total. The molecule has 1 amide bonds. The van der Waals surface area contributed by atoms with Gasteiger partial charge >= 0.3 is 0 Å². The molecule has 0 aliphatic carbocycles. The van der Waals surface area contributed by atoms with E-state index in [1.807, 2.05) is 6.92 Å². The van der Waals surface area contributed by atoms with Crippen LogP contribution in [0.2, 0.25) is 5.02 Å². The minimum Gasteiger partial charge on any atom is -0.378 e. The summed E-state index contributed by atoms with van der Waals surface area (Å²) in [5.74, 6) is -0.195. The Kier molecular flexibility index (Phi) is 4.59. The van der Waals surface area contributed by atoms with E-state index in [1.165, 1.54) is 0 Å². The molecular weight excluding hydrogens is 250 g/mol. The highest BCUT2D eigenvalue weighted by atomic mass is 35.5. The van der Waals surface area contributed by atoms with Crippen molar-refractivity contribution in [3.8, 4) is 0 Å². The fraction of sp³-hybridized carbons (Fsp3) is 0.462. The molecule has 0 saturated carbocycles. The molecule has 0 aromatic heterocycles. The van der Waals surface area contributed by atoms with Gasteiger partial charge in [-0.25, -0.2) is 0 Å². The number of anilines is 1. The van der Waals surface area contributed by atoms with Crippen LogP contribution in [0.5, 0.6) is 0 Å². The smallest absolute Gasteiger partial charge is 0.250 e. The predicted octanol–water partition coefficient (Wildman–Crippen LogP) is 2.22. The number of primary amides is 1. The molecule has 0 heterocycles. The highest BCUT2D eigenvalue weighted by molar-refractivity contribution is 6.31. The van der Waals surface area contributed by atoms with Crippen molar-refractivity contribution in [1.82, 2.24) is 0 Å². The molecule has 0 aliphatic rings. The first-order chi connectivity index (χ1) is 8.30. The summed E-state index contributed by atoms with van der Waals surface area (Å²) in [7, 11) is 0. The van der Waals surface area contributed by atoms with Gasteiger partial charge in [-0.05, 0) is 31.0 Å². The summed E-state index contributed by atoms with van der Waals surface area (Å²) in [6.45, 7) is 6.57. The molecule has 5 heteroatoms. The molecule has 1 rings (SSSR count). The van der Waals surface area contributed by atoms with Crippen molar-refractivity contribution >= 4 is 23.2 Å². The van der Waals surface area contributed by atoms with Crippen LogP contribution in [0.25, 0.3) is 0 Å². The van der Waals surface area contributed by atoms with Crippen molar-refractivity contribution in [3.05, 3.63) is 28.8 Å². The summed E-state index contributed by atoms with van der Waals surface area (Å²) in [5, 5.41) is 3.83. The van der Waals surface area contributed by atoms with Gasteiger partial charge in [-0.3, -0.25) is 4.79 Å². The highest BCUT2D eigenvalue weighted by Crippen LogP contribution is 2.27. The molecule has 0 spiro atoms. The number of amides is 1. The first kappa shape index (κ1) is 14.8. The summed E-state index contributed by atoms with van der Waals surface area (Å²) >= 11 is 5.95. The van der Waals surface area contributed by atoms with E-state index in [1.54, 1.807) is 18.2 Å². The maximum absolute atomic E-state index is 11.4. The average Bonchev–Trinajstić information content (AvgIpc) is 2.28. The number of rotatable bonds is 5. The number of carbonyl (C=O) groups is 1. The van der Waals surface area contributed by atoms with Crippen molar-refractivity contribution in [2.45, 2.75) is 26.3 Å². The van der Waals surface area contributed by atoms with Gasteiger partial charge in [-0.15, -0.1) is 0 Å². The zero-order valence-corrected chi connectivity index (χ0v) is 11.7. The number of nitrogens with two attached hydrogens (primary N) is 2. The van der Waals surface area contributed by atoms with Crippen molar-refractivity contribution < 1.29 is 4.79 Å². The zero-order chi connectivity index (χ0) is 13.9. The fourth-order valence-electron chi connectivity index (χ4n) is 1.57. The number of benzene rings is 1. The summed E-state index contributed by atoms with van der Waals surface area (Å²) in [6, 6.07) is 4.95. The van der Waals surface area contributed by atoms with Crippen molar-refractivity contribution in [1.29, 1.82) is 0 Å². The molecule has 0 bridgehead atoms. The molecule has 1 atom stereocenters. The van der Waals surface area contributed by atoms with Gasteiger partial charge in [0.2, 0.25) is 0 Å². The number of halogens is 1. The topological polar surface area (TPSA) is 81.1 Å². The third-order valence-electron chi connectivity index (χ3n) is 3.37. The van der Waals surface area contributed by atoms with Gasteiger partial charge in [0.25, 0.3) is 5.91 Å². The van der Waals surface area contributed by atoms with Crippen LogP contribution in [0.4, 0.5) is 5.69 Å². The van der Waals surface area contributed by atoms with Crippen LogP contribution in [-0.2, 0) is 0 Å². The number of nitrogens with one attached hydrogen (secondary N) is 1. The van der Waals surface area contributed by atoms with E-state index in [0.717, 1.165) is 0 Å². The van der Waals surface area contributed by atoms with Crippen molar-refractivity contribution in [2.24, 2.45) is 17.4 Å². The van der Waals surface area contributed by atoms with Crippen molar-refractivity contribution in [3.63, 3.8) is 0 Å². The molecule has 1 aromatic rings. The lowest BCUT2D eigenvalue weighted by Gasteiger charge is -2.35. The van der Waals surface area contributed by atoms with E-state index in [-0.39, 0.29) is 5.54 Å². The first-order valence-electron chi connectivity index (χ1n) is 5.87. The Bertz CT molecular complexity index is 448. The van der Waals surface area contributed by atoms with E-state index in [0.29, 0.717) is 28.7 Å². The number of hydrogen-bond donors (Lipinski definition) is 3. The average molecular weight is 270 g/mol. The van der Waals surface area contributed by atoms with Gasteiger partial charge in [0.05, 0.1) is 5.56 Å². The van der Waals surface area contributed by atoms with Crippen LogP contribution in [0.3, 0.4) is 0 Å².